The van der Waals surface area contributed by atoms with Gasteiger partial charge in [0, 0.05) is 42.5 Å². The number of piperidine rings is 2. The van der Waals surface area contributed by atoms with E-state index >= 15 is 0 Å². The van der Waals surface area contributed by atoms with Gasteiger partial charge in [-0.15, -0.1) is 0 Å². The van der Waals surface area contributed by atoms with Crippen LogP contribution in [0.5, 0.6) is 5.75 Å². The molecule has 0 spiro atoms. The summed E-state index contributed by atoms with van der Waals surface area (Å²) in [5.41, 5.74) is 2.83. The molecule has 2 heterocycles. The first-order chi connectivity index (χ1) is 15.0. The molecule has 0 saturated carbocycles. The number of likely N-dealkylation sites (N-methyl/N-ethyl adjacent to an activating group) is 2. The average Bonchev–Trinajstić information content (AvgIpc) is 2.75. The third-order valence-corrected chi connectivity index (χ3v) is 8.49. The molecule has 0 radical (unpaired) electrons. The molecule has 1 aliphatic carbocycles. The van der Waals surface area contributed by atoms with Crippen molar-refractivity contribution in [1.29, 1.82) is 0 Å². The van der Waals surface area contributed by atoms with Gasteiger partial charge in [0.1, 0.15) is 5.75 Å². The van der Waals surface area contributed by atoms with E-state index in [-0.39, 0.29) is 10.8 Å². The first-order valence-electron chi connectivity index (χ1n) is 12.4. The van der Waals surface area contributed by atoms with Crippen LogP contribution in [0.1, 0.15) is 58.1 Å². The summed E-state index contributed by atoms with van der Waals surface area (Å²) in [5.74, 6) is 1.93. The second kappa shape index (κ2) is 8.64. The van der Waals surface area contributed by atoms with Gasteiger partial charge in [0.25, 0.3) is 0 Å². The van der Waals surface area contributed by atoms with Gasteiger partial charge < -0.3 is 19.4 Å². The van der Waals surface area contributed by atoms with Crippen LogP contribution in [0.4, 0.5) is 0 Å². The van der Waals surface area contributed by atoms with E-state index in [0.29, 0.717) is 23.9 Å². The molecular formula is C27H43N3O2. The molecule has 4 rings (SSSR count). The number of rotatable bonds is 4. The zero-order valence-electron chi connectivity index (χ0n) is 21.3. The second-order valence-corrected chi connectivity index (χ2v) is 11.8. The van der Waals surface area contributed by atoms with Crippen molar-refractivity contribution in [3.8, 4) is 5.75 Å². The molecule has 0 aromatic heterocycles. The van der Waals surface area contributed by atoms with Crippen molar-refractivity contribution in [3.63, 3.8) is 0 Å². The third kappa shape index (κ3) is 4.19. The number of carbonyl (C=O) groups excluding carboxylic acids is 1. The number of amides is 1. The maximum Gasteiger partial charge on any atom is 0.227 e. The predicted octanol–water partition coefficient (Wildman–Crippen LogP) is 3.80. The summed E-state index contributed by atoms with van der Waals surface area (Å²) in [7, 11) is 6.41. The van der Waals surface area contributed by atoms with Crippen LogP contribution in [0.25, 0.3) is 0 Å². The Hall–Kier alpha value is -1.59. The number of nitrogens with zero attached hydrogens (tertiary/aromatic N) is 3. The maximum absolute atomic E-state index is 12.7. The van der Waals surface area contributed by atoms with Crippen LogP contribution in [0, 0.1) is 11.3 Å². The van der Waals surface area contributed by atoms with E-state index in [0.717, 1.165) is 51.2 Å². The molecule has 1 aromatic carbocycles. The molecule has 32 heavy (non-hydrogen) atoms. The topological polar surface area (TPSA) is 36.0 Å². The lowest BCUT2D eigenvalue weighted by molar-refractivity contribution is -0.141. The van der Waals surface area contributed by atoms with Crippen molar-refractivity contribution in [2.24, 2.45) is 11.3 Å². The number of likely N-dealkylation sites (tertiary alicyclic amines) is 2. The molecule has 1 aromatic rings. The molecule has 178 valence electrons. The minimum atomic E-state index is -0.281. The highest BCUT2D eigenvalue weighted by Gasteiger charge is 2.51. The van der Waals surface area contributed by atoms with E-state index in [4.69, 9.17) is 4.74 Å². The van der Waals surface area contributed by atoms with Crippen LogP contribution in [0.3, 0.4) is 0 Å². The van der Waals surface area contributed by atoms with Crippen LogP contribution in [0.2, 0.25) is 0 Å². The SMILES string of the molecule is COc1ccc2c(c1)[C@@]1(C)CCN(C)[C@H](C2)[C@@H]1N(C)CC1CCN(C(=O)C(C)(C)C)CC1. The molecule has 3 aliphatic rings. The van der Waals surface area contributed by atoms with Crippen molar-refractivity contribution in [1.82, 2.24) is 14.7 Å². The van der Waals surface area contributed by atoms with Crippen LogP contribution < -0.4 is 4.74 Å². The number of methoxy groups -OCH3 is 1. The Labute approximate surface area is 195 Å². The largest absolute Gasteiger partial charge is 0.497 e. The first kappa shape index (κ1) is 23.6. The Kier molecular flexibility index (Phi) is 6.36. The minimum absolute atomic E-state index is 0.136. The van der Waals surface area contributed by atoms with Crippen LogP contribution in [-0.4, -0.2) is 80.1 Å². The highest BCUT2D eigenvalue weighted by atomic mass is 16.5. The molecule has 1 amide bonds. The summed E-state index contributed by atoms with van der Waals surface area (Å²) >= 11 is 0. The summed E-state index contributed by atoms with van der Waals surface area (Å²) in [5, 5.41) is 0. The lowest BCUT2D eigenvalue weighted by Crippen LogP contribution is -2.66. The van der Waals surface area contributed by atoms with Gasteiger partial charge in [0.15, 0.2) is 0 Å². The minimum Gasteiger partial charge on any atom is -0.497 e. The highest BCUT2D eigenvalue weighted by molar-refractivity contribution is 5.81. The molecule has 5 nitrogen and oxygen atoms in total. The first-order valence-corrected chi connectivity index (χ1v) is 12.4. The van der Waals surface area contributed by atoms with Gasteiger partial charge in [-0.25, -0.2) is 0 Å². The lowest BCUT2D eigenvalue weighted by Gasteiger charge is -2.58. The van der Waals surface area contributed by atoms with Gasteiger partial charge in [-0.3, -0.25) is 4.79 Å². The average molecular weight is 442 g/mol. The summed E-state index contributed by atoms with van der Waals surface area (Å²) in [6, 6.07) is 7.75. The number of hydrogen-bond donors (Lipinski definition) is 0. The van der Waals surface area contributed by atoms with Gasteiger partial charge in [-0.2, -0.15) is 0 Å². The van der Waals surface area contributed by atoms with Crippen LogP contribution in [-0.2, 0) is 16.6 Å². The predicted molar refractivity (Wildman–Crippen MR) is 130 cm³/mol. The summed E-state index contributed by atoms with van der Waals surface area (Å²) in [6.45, 7) is 12.6. The second-order valence-electron chi connectivity index (χ2n) is 11.8. The van der Waals surface area contributed by atoms with Crippen molar-refractivity contribution in [2.75, 3.05) is 47.4 Å². The van der Waals surface area contributed by atoms with Crippen molar-refractivity contribution in [3.05, 3.63) is 29.3 Å². The lowest BCUT2D eigenvalue weighted by atomic mass is 9.61. The Morgan fingerprint density at radius 3 is 2.53 bits per heavy atom. The Morgan fingerprint density at radius 1 is 1.22 bits per heavy atom. The summed E-state index contributed by atoms with van der Waals surface area (Å²) < 4.78 is 5.60. The normalized spacial score (nSPS) is 29.2. The summed E-state index contributed by atoms with van der Waals surface area (Å²) in [4.78, 5) is 20.0. The molecule has 0 unspecified atom stereocenters. The molecule has 2 fully saturated rings. The van der Waals surface area contributed by atoms with Gasteiger partial charge in [-0.1, -0.05) is 33.8 Å². The van der Waals surface area contributed by atoms with E-state index < -0.39 is 0 Å². The van der Waals surface area contributed by atoms with E-state index in [9.17, 15) is 4.79 Å². The Balaban J connectivity index is 1.50. The zero-order chi connectivity index (χ0) is 23.3. The monoisotopic (exact) mass is 441 g/mol. The quantitative estimate of drug-likeness (QED) is 0.712. The molecule has 0 N–H and O–H groups in total. The van der Waals surface area contributed by atoms with Crippen molar-refractivity contribution < 1.29 is 9.53 Å². The number of hydrogen-bond acceptors (Lipinski definition) is 4. The number of ether oxygens (including phenoxy) is 1. The van der Waals surface area contributed by atoms with E-state index in [1.54, 1.807) is 7.11 Å². The van der Waals surface area contributed by atoms with Crippen molar-refractivity contribution >= 4 is 5.91 Å². The molecule has 2 bridgehead atoms. The van der Waals surface area contributed by atoms with Gasteiger partial charge >= 0.3 is 0 Å². The molecule has 2 saturated heterocycles. The highest BCUT2D eigenvalue weighted by Crippen LogP contribution is 2.47. The van der Waals surface area contributed by atoms with Gasteiger partial charge in [-0.05, 0) is 75.5 Å². The fourth-order valence-electron chi connectivity index (χ4n) is 6.66. The maximum atomic E-state index is 12.7. The fourth-order valence-corrected chi connectivity index (χ4v) is 6.66. The van der Waals surface area contributed by atoms with Crippen molar-refractivity contribution in [2.45, 2.75) is 70.9 Å². The van der Waals surface area contributed by atoms with E-state index in [2.05, 4.69) is 53.9 Å². The molecule has 2 aliphatic heterocycles. The molecule has 3 atom stereocenters. The fraction of sp³-hybridized carbons (Fsp3) is 0.741. The van der Waals surface area contributed by atoms with Gasteiger partial charge in [0.2, 0.25) is 5.91 Å². The molecular weight excluding hydrogens is 398 g/mol. The molecule has 5 heteroatoms. The summed E-state index contributed by atoms with van der Waals surface area (Å²) in [6.07, 6.45) is 4.51. The third-order valence-electron chi connectivity index (χ3n) is 8.49. The standard InChI is InChI=1S/C27H43N3O2/c1-26(2,3)25(31)30-13-10-19(11-14-30)18-29(6)24-23-16-20-8-9-21(32-7)17-22(20)27(24,4)12-15-28(23)5/h8-9,17,19,23-24H,10-16,18H2,1-7H3/t23-,24+,27-/m1/s1. The number of fused-ring (bicyclic) bond motifs is 4. The van der Waals surface area contributed by atoms with Gasteiger partial charge in [0.05, 0.1) is 7.11 Å². The zero-order valence-corrected chi connectivity index (χ0v) is 21.3. The smallest absolute Gasteiger partial charge is 0.227 e. The van der Waals surface area contributed by atoms with E-state index in [1.807, 2.05) is 20.8 Å². The number of benzene rings is 1. The number of carbonyl (C=O) groups is 1. The Bertz CT molecular complexity index is 840. The Morgan fingerprint density at radius 2 is 1.91 bits per heavy atom. The van der Waals surface area contributed by atoms with Crippen LogP contribution >= 0.6 is 0 Å². The van der Waals surface area contributed by atoms with Crippen LogP contribution in [0.15, 0.2) is 18.2 Å². The van der Waals surface area contributed by atoms with E-state index in [1.165, 1.54) is 17.5 Å².